The third-order valence-corrected chi connectivity index (χ3v) is 7.06. The van der Waals surface area contributed by atoms with E-state index in [0.29, 0.717) is 32.4 Å². The Morgan fingerprint density at radius 3 is 1.49 bits per heavy atom. The van der Waals surface area contributed by atoms with Gasteiger partial charge in [-0.2, -0.15) is 0 Å². The summed E-state index contributed by atoms with van der Waals surface area (Å²) >= 11 is 0. The van der Waals surface area contributed by atoms with Crippen molar-refractivity contribution in [1.82, 2.24) is 5.32 Å². The standard InChI is InChI=1S/C33H63NO3/c1-3-5-7-9-11-13-14-15-16-17-18-20-22-24-26-29-33(36)37-31-27-30-34-32(35)28-25-23-21-19-12-10-8-6-4-2/h15-16H,3-14,17-31H2,1-2H3,(H,34,35)/b16-15+. The monoisotopic (exact) mass is 521 g/mol. The number of hydrogen-bond donors (Lipinski definition) is 1. The zero-order chi connectivity index (χ0) is 27.1. The largest absolute Gasteiger partial charge is 0.466 e. The van der Waals surface area contributed by atoms with E-state index in [1.807, 2.05) is 0 Å². The lowest BCUT2D eigenvalue weighted by Gasteiger charge is -2.07. The van der Waals surface area contributed by atoms with Crippen LogP contribution in [0.15, 0.2) is 12.2 Å². The summed E-state index contributed by atoms with van der Waals surface area (Å²) in [5.74, 6) is 0.0289. The lowest BCUT2D eigenvalue weighted by Crippen LogP contribution is -2.25. The molecule has 0 aromatic rings. The highest BCUT2D eigenvalue weighted by Gasteiger charge is 2.04. The van der Waals surface area contributed by atoms with Gasteiger partial charge in [0, 0.05) is 19.4 Å². The van der Waals surface area contributed by atoms with Gasteiger partial charge in [0.05, 0.1) is 6.61 Å². The van der Waals surface area contributed by atoms with Gasteiger partial charge in [0.2, 0.25) is 5.91 Å². The van der Waals surface area contributed by atoms with Crippen LogP contribution in [0, 0.1) is 0 Å². The molecule has 0 spiro atoms. The topological polar surface area (TPSA) is 55.4 Å². The number of hydrogen-bond acceptors (Lipinski definition) is 3. The SMILES string of the molecule is CCCCCCCC/C=C/CCCCCCCC(=O)OCCCNC(=O)CCCCCCCCCCC. The fourth-order valence-corrected chi connectivity index (χ4v) is 4.58. The van der Waals surface area contributed by atoms with Crippen molar-refractivity contribution in [3.8, 4) is 0 Å². The minimum absolute atomic E-state index is 0.0985. The molecular weight excluding hydrogens is 458 g/mol. The van der Waals surface area contributed by atoms with Crippen molar-refractivity contribution in [2.24, 2.45) is 0 Å². The summed E-state index contributed by atoms with van der Waals surface area (Å²) in [5, 5.41) is 2.95. The molecule has 0 saturated heterocycles. The van der Waals surface area contributed by atoms with Gasteiger partial charge in [0.15, 0.2) is 0 Å². The molecule has 1 amide bonds. The first-order valence-corrected chi connectivity index (χ1v) is 16.3. The maximum absolute atomic E-state index is 11.9. The van der Waals surface area contributed by atoms with Gasteiger partial charge in [-0.15, -0.1) is 0 Å². The van der Waals surface area contributed by atoms with E-state index in [2.05, 4.69) is 31.3 Å². The Labute approximate surface area is 231 Å². The van der Waals surface area contributed by atoms with Gasteiger partial charge in [-0.05, 0) is 44.9 Å². The van der Waals surface area contributed by atoms with Crippen LogP contribution in [-0.4, -0.2) is 25.0 Å². The van der Waals surface area contributed by atoms with E-state index in [9.17, 15) is 9.59 Å². The molecule has 0 fully saturated rings. The van der Waals surface area contributed by atoms with Gasteiger partial charge in [0.25, 0.3) is 0 Å². The van der Waals surface area contributed by atoms with Crippen molar-refractivity contribution in [3.05, 3.63) is 12.2 Å². The van der Waals surface area contributed by atoms with Gasteiger partial charge < -0.3 is 10.1 Å². The van der Waals surface area contributed by atoms with Gasteiger partial charge in [-0.3, -0.25) is 9.59 Å². The molecule has 37 heavy (non-hydrogen) atoms. The molecule has 4 heteroatoms. The van der Waals surface area contributed by atoms with Crippen LogP contribution >= 0.6 is 0 Å². The number of esters is 1. The van der Waals surface area contributed by atoms with Crippen LogP contribution in [0.4, 0.5) is 0 Å². The molecule has 0 aromatic heterocycles. The van der Waals surface area contributed by atoms with E-state index in [4.69, 9.17) is 4.74 Å². The van der Waals surface area contributed by atoms with Gasteiger partial charge in [-0.25, -0.2) is 0 Å². The summed E-state index contributed by atoms with van der Waals surface area (Å²) in [6.07, 6.45) is 34.3. The molecule has 0 bridgehead atoms. The predicted octanol–water partition coefficient (Wildman–Crippen LogP) is 9.99. The molecule has 218 valence electrons. The average Bonchev–Trinajstić information content (AvgIpc) is 2.89. The molecule has 0 aliphatic rings. The van der Waals surface area contributed by atoms with Crippen molar-refractivity contribution in [3.63, 3.8) is 0 Å². The maximum atomic E-state index is 11.9. The summed E-state index contributed by atoms with van der Waals surface area (Å²) in [4.78, 5) is 23.7. The summed E-state index contributed by atoms with van der Waals surface area (Å²) in [5.41, 5.74) is 0. The number of carbonyl (C=O) groups is 2. The van der Waals surface area contributed by atoms with Crippen LogP contribution in [-0.2, 0) is 14.3 Å². The summed E-state index contributed by atoms with van der Waals surface area (Å²) in [6.45, 7) is 5.51. The number of allylic oxidation sites excluding steroid dienone is 2. The summed E-state index contributed by atoms with van der Waals surface area (Å²) in [6, 6.07) is 0. The molecular formula is C33H63NO3. The highest BCUT2D eigenvalue weighted by Crippen LogP contribution is 2.11. The van der Waals surface area contributed by atoms with Gasteiger partial charge >= 0.3 is 5.97 Å². The summed E-state index contributed by atoms with van der Waals surface area (Å²) in [7, 11) is 0. The van der Waals surface area contributed by atoms with Crippen molar-refractivity contribution < 1.29 is 14.3 Å². The Hall–Kier alpha value is -1.32. The van der Waals surface area contributed by atoms with Crippen molar-refractivity contribution in [1.29, 1.82) is 0 Å². The Morgan fingerprint density at radius 2 is 0.973 bits per heavy atom. The average molecular weight is 522 g/mol. The van der Waals surface area contributed by atoms with Crippen LogP contribution in [0.25, 0.3) is 0 Å². The molecule has 0 aliphatic heterocycles. The Bertz CT molecular complexity index is 518. The van der Waals surface area contributed by atoms with Crippen molar-refractivity contribution >= 4 is 11.9 Å². The smallest absolute Gasteiger partial charge is 0.305 e. The normalized spacial score (nSPS) is 11.3. The second-order valence-corrected chi connectivity index (χ2v) is 10.8. The number of amides is 1. The first kappa shape index (κ1) is 35.7. The molecule has 0 heterocycles. The fourth-order valence-electron chi connectivity index (χ4n) is 4.58. The molecule has 0 radical (unpaired) electrons. The Morgan fingerprint density at radius 1 is 0.541 bits per heavy atom. The molecule has 0 rings (SSSR count). The lowest BCUT2D eigenvalue weighted by molar-refractivity contribution is -0.143. The molecule has 0 aliphatic carbocycles. The van der Waals surface area contributed by atoms with Crippen molar-refractivity contribution in [2.45, 2.75) is 174 Å². The predicted molar refractivity (Wildman–Crippen MR) is 160 cm³/mol. The van der Waals surface area contributed by atoms with E-state index in [-0.39, 0.29) is 11.9 Å². The number of carbonyl (C=O) groups excluding carboxylic acids is 2. The van der Waals surface area contributed by atoms with Crippen LogP contribution in [0.5, 0.6) is 0 Å². The van der Waals surface area contributed by atoms with E-state index in [1.54, 1.807) is 0 Å². The summed E-state index contributed by atoms with van der Waals surface area (Å²) < 4.78 is 5.30. The maximum Gasteiger partial charge on any atom is 0.305 e. The van der Waals surface area contributed by atoms with Crippen LogP contribution in [0.2, 0.25) is 0 Å². The molecule has 0 unspecified atom stereocenters. The molecule has 1 N–H and O–H groups in total. The van der Waals surface area contributed by atoms with E-state index < -0.39 is 0 Å². The number of rotatable bonds is 29. The Balaban J connectivity index is 3.31. The Kier molecular flexibility index (Phi) is 29.8. The lowest BCUT2D eigenvalue weighted by atomic mass is 10.1. The number of nitrogens with one attached hydrogen (secondary N) is 1. The highest BCUT2D eigenvalue weighted by atomic mass is 16.5. The van der Waals surface area contributed by atoms with Crippen molar-refractivity contribution in [2.75, 3.05) is 13.2 Å². The van der Waals surface area contributed by atoms with Crippen LogP contribution in [0.3, 0.4) is 0 Å². The highest BCUT2D eigenvalue weighted by molar-refractivity contribution is 5.75. The third-order valence-electron chi connectivity index (χ3n) is 7.06. The van der Waals surface area contributed by atoms with E-state index in [1.165, 1.54) is 116 Å². The zero-order valence-corrected chi connectivity index (χ0v) is 25.0. The van der Waals surface area contributed by atoms with Crippen LogP contribution < -0.4 is 5.32 Å². The van der Waals surface area contributed by atoms with E-state index in [0.717, 1.165) is 25.7 Å². The van der Waals surface area contributed by atoms with E-state index >= 15 is 0 Å². The quantitative estimate of drug-likeness (QED) is 0.0605. The zero-order valence-electron chi connectivity index (χ0n) is 25.0. The number of ether oxygens (including phenoxy) is 1. The fraction of sp³-hybridized carbons (Fsp3) is 0.879. The molecule has 0 atom stereocenters. The third kappa shape index (κ3) is 30.8. The van der Waals surface area contributed by atoms with Crippen LogP contribution in [0.1, 0.15) is 174 Å². The van der Waals surface area contributed by atoms with Gasteiger partial charge in [-0.1, -0.05) is 129 Å². The molecule has 0 saturated carbocycles. The molecule has 4 nitrogen and oxygen atoms in total. The second-order valence-electron chi connectivity index (χ2n) is 10.8. The first-order valence-electron chi connectivity index (χ1n) is 16.3. The minimum Gasteiger partial charge on any atom is -0.466 e. The number of unbranched alkanes of at least 4 members (excludes halogenated alkanes) is 19. The minimum atomic E-state index is -0.0985. The second kappa shape index (κ2) is 30.9. The van der Waals surface area contributed by atoms with Gasteiger partial charge in [0.1, 0.15) is 0 Å². The first-order chi connectivity index (χ1) is 18.2. The molecule has 0 aromatic carbocycles.